The molecule has 0 radical (unpaired) electrons. The summed E-state index contributed by atoms with van der Waals surface area (Å²) in [6.07, 6.45) is 0. The van der Waals surface area contributed by atoms with E-state index in [9.17, 15) is 9.18 Å². The lowest BCUT2D eigenvalue weighted by Crippen LogP contribution is -2.13. The Morgan fingerprint density at radius 3 is 2.60 bits per heavy atom. The molecule has 0 unspecified atom stereocenters. The number of carbonyl (C=O) groups is 1. The molecule has 0 aliphatic carbocycles. The minimum atomic E-state index is -0.576. The Kier molecular flexibility index (Phi) is 4.77. The minimum absolute atomic E-state index is 0.0293. The Bertz CT molecular complexity index is 662. The van der Waals surface area contributed by atoms with Gasteiger partial charge in [0.25, 0.3) is 5.91 Å². The Morgan fingerprint density at radius 1 is 1.15 bits per heavy atom. The number of methoxy groups -OCH3 is 1. The van der Waals surface area contributed by atoms with Crippen LogP contribution < -0.4 is 10.1 Å². The molecular weight excluding hydrogens is 393 g/mol. The van der Waals surface area contributed by atoms with Crippen molar-refractivity contribution in [2.75, 3.05) is 12.4 Å². The van der Waals surface area contributed by atoms with Gasteiger partial charge in [0.05, 0.1) is 12.7 Å². The van der Waals surface area contributed by atoms with Crippen LogP contribution in [0.25, 0.3) is 0 Å². The maximum Gasteiger partial charge on any atom is 0.258 e. The number of carbonyl (C=O) groups excluding carboxylic acids is 1. The van der Waals surface area contributed by atoms with Crippen LogP contribution in [0.3, 0.4) is 0 Å². The molecule has 0 saturated carbocycles. The molecule has 3 nitrogen and oxygen atoms in total. The van der Waals surface area contributed by atoms with Gasteiger partial charge in [0, 0.05) is 20.7 Å². The van der Waals surface area contributed by atoms with Gasteiger partial charge in [0.1, 0.15) is 11.6 Å². The molecule has 0 atom stereocenters. The van der Waals surface area contributed by atoms with Crippen LogP contribution in [0.4, 0.5) is 10.1 Å². The fourth-order valence-corrected chi connectivity index (χ4v) is 2.46. The standard InChI is InChI=1S/C14H10Br2FNO2/c1-20-11-5-9(16)4-10(7-11)18-14(19)12-6-8(15)2-3-13(12)17/h2-7H,1H3,(H,18,19). The van der Waals surface area contributed by atoms with Crippen molar-refractivity contribution in [3.8, 4) is 5.75 Å². The van der Waals surface area contributed by atoms with E-state index in [1.165, 1.54) is 25.3 Å². The molecule has 0 aliphatic heterocycles. The summed E-state index contributed by atoms with van der Waals surface area (Å²) >= 11 is 6.52. The van der Waals surface area contributed by atoms with Crippen molar-refractivity contribution in [3.63, 3.8) is 0 Å². The summed E-state index contributed by atoms with van der Waals surface area (Å²) in [6, 6.07) is 9.32. The molecule has 104 valence electrons. The maximum absolute atomic E-state index is 13.6. The predicted molar refractivity (Wildman–Crippen MR) is 82.7 cm³/mol. The highest BCUT2D eigenvalue weighted by molar-refractivity contribution is 9.10. The molecule has 0 saturated heterocycles. The number of rotatable bonds is 3. The van der Waals surface area contributed by atoms with Gasteiger partial charge >= 0.3 is 0 Å². The number of anilines is 1. The van der Waals surface area contributed by atoms with E-state index in [-0.39, 0.29) is 5.56 Å². The number of halogens is 3. The number of hydrogen-bond donors (Lipinski definition) is 1. The highest BCUT2D eigenvalue weighted by Gasteiger charge is 2.13. The van der Waals surface area contributed by atoms with Crippen molar-refractivity contribution in [2.45, 2.75) is 0 Å². The Balaban J connectivity index is 2.27. The summed E-state index contributed by atoms with van der Waals surface area (Å²) in [5, 5.41) is 2.63. The molecule has 6 heteroatoms. The lowest BCUT2D eigenvalue weighted by atomic mass is 10.2. The number of ether oxygens (including phenoxy) is 1. The molecule has 0 aromatic heterocycles. The average Bonchev–Trinajstić information content (AvgIpc) is 2.40. The summed E-state index contributed by atoms with van der Waals surface area (Å²) in [5.41, 5.74) is 0.485. The second kappa shape index (κ2) is 6.37. The van der Waals surface area contributed by atoms with Crippen LogP contribution in [0.2, 0.25) is 0 Å². The van der Waals surface area contributed by atoms with Gasteiger partial charge in [-0.25, -0.2) is 4.39 Å². The fraction of sp³-hybridized carbons (Fsp3) is 0.0714. The van der Waals surface area contributed by atoms with E-state index in [0.717, 1.165) is 4.47 Å². The van der Waals surface area contributed by atoms with Crippen molar-refractivity contribution in [3.05, 3.63) is 56.7 Å². The molecular formula is C14H10Br2FNO2. The number of amides is 1. The fourth-order valence-electron chi connectivity index (χ4n) is 1.62. The normalized spacial score (nSPS) is 10.2. The van der Waals surface area contributed by atoms with E-state index < -0.39 is 11.7 Å². The van der Waals surface area contributed by atoms with Gasteiger partial charge in [-0.2, -0.15) is 0 Å². The van der Waals surface area contributed by atoms with Crippen LogP contribution in [0, 0.1) is 5.82 Å². The lowest BCUT2D eigenvalue weighted by molar-refractivity contribution is 0.102. The SMILES string of the molecule is COc1cc(Br)cc(NC(=O)c2cc(Br)ccc2F)c1. The summed E-state index contributed by atoms with van der Waals surface area (Å²) < 4.78 is 20.1. The first-order valence-electron chi connectivity index (χ1n) is 5.60. The van der Waals surface area contributed by atoms with E-state index >= 15 is 0 Å². The molecule has 1 N–H and O–H groups in total. The molecule has 1 amide bonds. The highest BCUT2D eigenvalue weighted by atomic mass is 79.9. The average molecular weight is 403 g/mol. The van der Waals surface area contributed by atoms with Gasteiger partial charge < -0.3 is 10.1 Å². The summed E-state index contributed by atoms with van der Waals surface area (Å²) in [5.74, 6) is -0.513. The zero-order valence-corrected chi connectivity index (χ0v) is 13.6. The van der Waals surface area contributed by atoms with Crippen molar-refractivity contribution >= 4 is 43.5 Å². The first-order chi connectivity index (χ1) is 9.49. The van der Waals surface area contributed by atoms with Crippen molar-refractivity contribution in [2.24, 2.45) is 0 Å². The van der Waals surface area contributed by atoms with E-state index in [1.807, 2.05) is 0 Å². The summed E-state index contributed by atoms with van der Waals surface area (Å²) in [7, 11) is 1.53. The largest absolute Gasteiger partial charge is 0.497 e. The van der Waals surface area contributed by atoms with E-state index in [4.69, 9.17) is 4.74 Å². The molecule has 0 bridgehead atoms. The monoisotopic (exact) mass is 401 g/mol. The van der Waals surface area contributed by atoms with Gasteiger partial charge in [-0.3, -0.25) is 4.79 Å². The maximum atomic E-state index is 13.6. The van der Waals surface area contributed by atoms with Crippen LogP contribution in [0.1, 0.15) is 10.4 Å². The van der Waals surface area contributed by atoms with E-state index in [2.05, 4.69) is 37.2 Å². The van der Waals surface area contributed by atoms with Gasteiger partial charge in [0.15, 0.2) is 0 Å². The van der Waals surface area contributed by atoms with Crippen molar-refractivity contribution in [1.29, 1.82) is 0 Å². The smallest absolute Gasteiger partial charge is 0.258 e. The lowest BCUT2D eigenvalue weighted by Gasteiger charge is -2.09. The first-order valence-corrected chi connectivity index (χ1v) is 7.19. The number of nitrogens with one attached hydrogen (secondary N) is 1. The van der Waals surface area contributed by atoms with Crippen molar-refractivity contribution < 1.29 is 13.9 Å². The zero-order valence-electron chi connectivity index (χ0n) is 10.4. The van der Waals surface area contributed by atoms with Gasteiger partial charge in [-0.15, -0.1) is 0 Å². The van der Waals surface area contributed by atoms with Crippen LogP contribution in [0.5, 0.6) is 5.75 Å². The highest BCUT2D eigenvalue weighted by Crippen LogP contribution is 2.25. The van der Waals surface area contributed by atoms with E-state index in [0.29, 0.717) is 15.9 Å². The third-order valence-electron chi connectivity index (χ3n) is 2.54. The van der Waals surface area contributed by atoms with E-state index in [1.54, 1.807) is 18.2 Å². The molecule has 20 heavy (non-hydrogen) atoms. The quantitative estimate of drug-likeness (QED) is 0.813. The summed E-state index contributed by atoms with van der Waals surface area (Å²) in [6.45, 7) is 0. The first kappa shape index (κ1) is 15.0. The second-order valence-electron chi connectivity index (χ2n) is 3.96. The Hall–Kier alpha value is -1.40. The molecule has 0 aliphatic rings. The number of hydrogen-bond acceptors (Lipinski definition) is 2. The third kappa shape index (κ3) is 3.58. The topological polar surface area (TPSA) is 38.3 Å². The second-order valence-corrected chi connectivity index (χ2v) is 5.79. The van der Waals surface area contributed by atoms with Crippen LogP contribution in [-0.2, 0) is 0 Å². The molecule has 2 aromatic carbocycles. The van der Waals surface area contributed by atoms with Gasteiger partial charge in [-0.05, 0) is 30.3 Å². The summed E-state index contributed by atoms with van der Waals surface area (Å²) in [4.78, 5) is 12.1. The third-order valence-corrected chi connectivity index (χ3v) is 3.49. The Labute approximate surface area is 132 Å². The minimum Gasteiger partial charge on any atom is -0.497 e. The van der Waals surface area contributed by atoms with Crippen molar-refractivity contribution in [1.82, 2.24) is 0 Å². The molecule has 0 heterocycles. The Morgan fingerprint density at radius 2 is 1.90 bits per heavy atom. The molecule has 2 rings (SSSR count). The van der Waals surface area contributed by atoms with Crippen LogP contribution >= 0.6 is 31.9 Å². The molecule has 0 spiro atoms. The van der Waals surface area contributed by atoms with Crippen LogP contribution in [-0.4, -0.2) is 13.0 Å². The van der Waals surface area contributed by atoms with Gasteiger partial charge in [0.2, 0.25) is 0 Å². The number of benzene rings is 2. The van der Waals surface area contributed by atoms with Gasteiger partial charge in [-0.1, -0.05) is 31.9 Å². The predicted octanol–water partition coefficient (Wildman–Crippen LogP) is 4.61. The molecule has 0 fully saturated rings. The molecule has 2 aromatic rings. The zero-order chi connectivity index (χ0) is 14.7. The van der Waals surface area contributed by atoms with Crippen LogP contribution in [0.15, 0.2) is 45.3 Å².